The van der Waals surface area contributed by atoms with Gasteiger partial charge < -0.3 is 5.32 Å². The van der Waals surface area contributed by atoms with Crippen LogP contribution in [0.15, 0.2) is 42.5 Å². The molecular formula is C16H14Cl3NO3S. The summed E-state index contributed by atoms with van der Waals surface area (Å²) in [6, 6.07) is 11.3. The number of sulfone groups is 1. The van der Waals surface area contributed by atoms with Crippen LogP contribution in [0.4, 0.5) is 0 Å². The number of carbonyl (C=O) groups is 1. The third kappa shape index (κ3) is 5.38. The van der Waals surface area contributed by atoms with Crippen molar-refractivity contribution < 1.29 is 13.2 Å². The number of rotatable bonds is 6. The van der Waals surface area contributed by atoms with Crippen LogP contribution < -0.4 is 5.32 Å². The van der Waals surface area contributed by atoms with Crippen molar-refractivity contribution in [2.75, 3.05) is 12.3 Å². The predicted molar refractivity (Wildman–Crippen MR) is 97.7 cm³/mol. The summed E-state index contributed by atoms with van der Waals surface area (Å²) >= 11 is 17.7. The van der Waals surface area contributed by atoms with Crippen LogP contribution in [0.1, 0.15) is 15.9 Å². The molecule has 0 aromatic heterocycles. The zero-order chi connectivity index (χ0) is 17.7. The quantitative estimate of drug-likeness (QED) is 0.789. The van der Waals surface area contributed by atoms with E-state index in [-0.39, 0.29) is 33.7 Å². The van der Waals surface area contributed by atoms with Gasteiger partial charge in [0.1, 0.15) is 0 Å². The molecule has 8 heteroatoms. The third-order valence-corrected chi connectivity index (χ3v) is 5.63. The Bertz CT molecular complexity index is 833. The molecule has 4 nitrogen and oxygen atoms in total. The van der Waals surface area contributed by atoms with Crippen molar-refractivity contribution >= 4 is 50.5 Å². The first-order valence-electron chi connectivity index (χ1n) is 6.95. The van der Waals surface area contributed by atoms with Crippen LogP contribution in [-0.4, -0.2) is 26.6 Å². The lowest BCUT2D eigenvalue weighted by Crippen LogP contribution is -2.30. The van der Waals surface area contributed by atoms with Gasteiger partial charge in [-0.15, -0.1) is 0 Å². The van der Waals surface area contributed by atoms with E-state index in [1.807, 2.05) is 0 Å². The van der Waals surface area contributed by atoms with Crippen LogP contribution >= 0.6 is 34.8 Å². The Balaban J connectivity index is 1.94. The molecule has 0 bridgehead atoms. The zero-order valence-electron chi connectivity index (χ0n) is 12.4. The molecule has 2 aromatic carbocycles. The second kappa shape index (κ2) is 8.21. The molecule has 0 saturated carbocycles. The Kier molecular flexibility index (Phi) is 6.52. The molecule has 2 rings (SSSR count). The SMILES string of the molecule is O=C(NCCS(=O)(=O)Cc1cccc(Cl)c1)c1c(Cl)cccc1Cl. The van der Waals surface area contributed by atoms with Gasteiger partial charge >= 0.3 is 0 Å². The summed E-state index contributed by atoms with van der Waals surface area (Å²) in [6.07, 6.45) is 0. The number of hydrogen-bond acceptors (Lipinski definition) is 3. The summed E-state index contributed by atoms with van der Waals surface area (Å²) in [4.78, 5) is 12.1. The first kappa shape index (κ1) is 19.1. The molecule has 0 aliphatic carbocycles. The summed E-state index contributed by atoms with van der Waals surface area (Å²) in [6.45, 7) is -0.0384. The van der Waals surface area contributed by atoms with Gasteiger partial charge in [0.2, 0.25) is 0 Å². The van der Waals surface area contributed by atoms with Crippen molar-refractivity contribution in [3.63, 3.8) is 0 Å². The number of carbonyl (C=O) groups excluding carboxylic acids is 1. The normalized spacial score (nSPS) is 11.3. The first-order chi connectivity index (χ1) is 11.3. The highest BCUT2D eigenvalue weighted by Gasteiger charge is 2.16. The molecule has 0 unspecified atom stereocenters. The van der Waals surface area contributed by atoms with E-state index in [0.717, 1.165) is 0 Å². The third-order valence-electron chi connectivity index (χ3n) is 3.16. The standard InChI is InChI=1S/C16H14Cl3NO3S/c17-12-4-1-3-11(9-12)10-24(22,23)8-7-20-16(21)15-13(18)5-2-6-14(15)19/h1-6,9H,7-8,10H2,(H,20,21). The second-order valence-electron chi connectivity index (χ2n) is 5.07. The maximum Gasteiger partial charge on any atom is 0.254 e. The lowest BCUT2D eigenvalue weighted by Gasteiger charge is -2.09. The summed E-state index contributed by atoms with van der Waals surface area (Å²) < 4.78 is 24.2. The van der Waals surface area contributed by atoms with Gasteiger partial charge in [0.05, 0.1) is 27.1 Å². The van der Waals surface area contributed by atoms with Crippen LogP contribution in [0.3, 0.4) is 0 Å². The van der Waals surface area contributed by atoms with Gasteiger partial charge in [0.25, 0.3) is 5.91 Å². The van der Waals surface area contributed by atoms with E-state index < -0.39 is 15.7 Å². The summed E-state index contributed by atoms with van der Waals surface area (Å²) in [5.74, 6) is -0.854. The Labute approximate surface area is 155 Å². The van der Waals surface area contributed by atoms with Crippen LogP contribution in [0.5, 0.6) is 0 Å². The molecule has 0 heterocycles. The first-order valence-corrected chi connectivity index (χ1v) is 9.91. The predicted octanol–water partition coefficient (Wildman–Crippen LogP) is 3.99. The molecule has 0 aliphatic heterocycles. The smallest absolute Gasteiger partial charge is 0.254 e. The Hall–Kier alpha value is -1.27. The zero-order valence-corrected chi connectivity index (χ0v) is 15.5. The van der Waals surface area contributed by atoms with Gasteiger partial charge in [-0.1, -0.05) is 53.0 Å². The van der Waals surface area contributed by atoms with Crippen molar-refractivity contribution in [1.82, 2.24) is 5.32 Å². The van der Waals surface area contributed by atoms with E-state index in [0.29, 0.717) is 10.6 Å². The van der Waals surface area contributed by atoms with Gasteiger partial charge in [-0.3, -0.25) is 4.79 Å². The highest BCUT2D eigenvalue weighted by Crippen LogP contribution is 2.23. The molecule has 0 spiro atoms. The van der Waals surface area contributed by atoms with E-state index in [4.69, 9.17) is 34.8 Å². The largest absolute Gasteiger partial charge is 0.351 e. The molecule has 24 heavy (non-hydrogen) atoms. The fraction of sp³-hybridized carbons (Fsp3) is 0.188. The average Bonchev–Trinajstić information content (AvgIpc) is 2.46. The minimum absolute atomic E-state index is 0.0384. The number of amides is 1. The molecule has 2 aromatic rings. The van der Waals surface area contributed by atoms with Crippen molar-refractivity contribution in [2.45, 2.75) is 5.75 Å². The lowest BCUT2D eigenvalue weighted by atomic mass is 10.2. The van der Waals surface area contributed by atoms with Crippen molar-refractivity contribution in [2.24, 2.45) is 0 Å². The van der Waals surface area contributed by atoms with Crippen molar-refractivity contribution in [3.05, 3.63) is 68.7 Å². The van der Waals surface area contributed by atoms with Crippen LogP contribution in [-0.2, 0) is 15.6 Å². The Morgan fingerprint density at radius 1 is 1.00 bits per heavy atom. The second-order valence-corrected chi connectivity index (χ2v) is 8.51. The van der Waals surface area contributed by atoms with Gasteiger partial charge in [-0.05, 0) is 29.8 Å². The number of hydrogen-bond donors (Lipinski definition) is 1. The van der Waals surface area contributed by atoms with Crippen LogP contribution in [0.25, 0.3) is 0 Å². The minimum atomic E-state index is -3.39. The van der Waals surface area contributed by atoms with Crippen molar-refractivity contribution in [1.29, 1.82) is 0 Å². The monoisotopic (exact) mass is 405 g/mol. The molecule has 1 N–H and O–H groups in total. The average molecular weight is 407 g/mol. The van der Waals surface area contributed by atoms with Gasteiger partial charge in [-0.2, -0.15) is 0 Å². The van der Waals surface area contributed by atoms with Crippen LogP contribution in [0, 0.1) is 0 Å². The molecule has 0 fully saturated rings. The van der Waals surface area contributed by atoms with Crippen molar-refractivity contribution in [3.8, 4) is 0 Å². The molecule has 0 atom stereocenters. The Morgan fingerprint density at radius 2 is 1.62 bits per heavy atom. The summed E-state index contributed by atoms with van der Waals surface area (Å²) in [5, 5.41) is 3.42. The fourth-order valence-corrected chi connectivity index (χ4v) is 4.10. The Morgan fingerprint density at radius 3 is 2.25 bits per heavy atom. The van der Waals surface area contributed by atoms with E-state index in [2.05, 4.69) is 5.32 Å². The number of halogens is 3. The molecule has 0 aliphatic rings. The molecule has 128 valence electrons. The lowest BCUT2D eigenvalue weighted by molar-refractivity contribution is 0.0956. The maximum atomic E-state index is 12.1. The fourth-order valence-electron chi connectivity index (χ4n) is 2.08. The van der Waals surface area contributed by atoms with E-state index in [1.54, 1.807) is 30.3 Å². The molecule has 1 amide bonds. The number of benzene rings is 2. The van der Waals surface area contributed by atoms with Gasteiger partial charge in [-0.25, -0.2) is 8.42 Å². The van der Waals surface area contributed by atoms with E-state index >= 15 is 0 Å². The topological polar surface area (TPSA) is 63.2 Å². The maximum absolute atomic E-state index is 12.1. The van der Waals surface area contributed by atoms with E-state index in [1.165, 1.54) is 12.1 Å². The molecular weight excluding hydrogens is 393 g/mol. The number of nitrogens with one attached hydrogen (secondary N) is 1. The van der Waals surface area contributed by atoms with Gasteiger partial charge in [0.15, 0.2) is 9.84 Å². The molecule has 0 radical (unpaired) electrons. The van der Waals surface area contributed by atoms with Gasteiger partial charge in [0, 0.05) is 11.6 Å². The highest BCUT2D eigenvalue weighted by molar-refractivity contribution is 7.90. The summed E-state index contributed by atoms with van der Waals surface area (Å²) in [7, 11) is -3.39. The summed E-state index contributed by atoms with van der Waals surface area (Å²) in [5.41, 5.74) is 0.732. The van der Waals surface area contributed by atoms with Crippen LogP contribution in [0.2, 0.25) is 15.1 Å². The molecule has 0 saturated heterocycles. The highest BCUT2D eigenvalue weighted by atomic mass is 35.5. The minimum Gasteiger partial charge on any atom is -0.351 e. The van der Waals surface area contributed by atoms with E-state index in [9.17, 15) is 13.2 Å².